The van der Waals surface area contributed by atoms with Crippen molar-refractivity contribution in [1.29, 1.82) is 0 Å². The summed E-state index contributed by atoms with van der Waals surface area (Å²) >= 11 is 4.92. The number of sulfonamides is 1. The highest BCUT2D eigenvalue weighted by atomic mass is 32.2. The highest BCUT2D eigenvalue weighted by molar-refractivity contribution is 7.89. The number of hydrogen-bond donors (Lipinski definition) is 2. The molecule has 1 aromatic rings. The Morgan fingerprint density at radius 3 is 2.45 bits per heavy atom. The van der Waals surface area contributed by atoms with Gasteiger partial charge in [0.15, 0.2) is 0 Å². The average Bonchev–Trinajstić information content (AvgIpc) is 2.26. The Labute approximate surface area is 126 Å². The summed E-state index contributed by atoms with van der Waals surface area (Å²) in [6, 6.07) is 4.78. The van der Waals surface area contributed by atoms with Crippen LogP contribution in [0.15, 0.2) is 23.1 Å². The van der Waals surface area contributed by atoms with Crippen LogP contribution >= 0.6 is 12.2 Å². The van der Waals surface area contributed by atoms with Gasteiger partial charge in [0.05, 0.1) is 4.90 Å². The molecule has 3 N–H and O–H groups in total. The van der Waals surface area contributed by atoms with E-state index in [9.17, 15) is 8.42 Å². The molecular formula is C14H22N2O2S2. The Morgan fingerprint density at radius 1 is 1.40 bits per heavy atom. The molecule has 0 aromatic heterocycles. The van der Waals surface area contributed by atoms with Crippen LogP contribution in [0, 0.1) is 6.92 Å². The molecule has 0 aliphatic heterocycles. The first-order valence-electron chi connectivity index (χ1n) is 6.53. The molecule has 6 heteroatoms. The number of hydrogen-bond acceptors (Lipinski definition) is 3. The number of nitrogens with one attached hydrogen (secondary N) is 1. The van der Waals surface area contributed by atoms with E-state index in [-0.39, 0.29) is 9.88 Å². The molecule has 0 heterocycles. The van der Waals surface area contributed by atoms with Gasteiger partial charge in [-0.05, 0) is 44.9 Å². The molecular weight excluding hydrogens is 292 g/mol. The molecule has 20 heavy (non-hydrogen) atoms. The summed E-state index contributed by atoms with van der Waals surface area (Å²) in [6.45, 7) is 7.58. The second-order valence-electron chi connectivity index (χ2n) is 5.58. The maximum absolute atomic E-state index is 12.4. The van der Waals surface area contributed by atoms with Gasteiger partial charge in [-0.1, -0.05) is 31.6 Å². The smallest absolute Gasteiger partial charge is 0.241 e. The second-order valence-corrected chi connectivity index (χ2v) is 7.70. The van der Waals surface area contributed by atoms with Crippen LogP contribution in [0.5, 0.6) is 0 Å². The minimum Gasteiger partial charge on any atom is -0.389 e. The van der Waals surface area contributed by atoms with Gasteiger partial charge in [0.1, 0.15) is 4.99 Å². The van der Waals surface area contributed by atoms with Gasteiger partial charge in [-0.25, -0.2) is 13.1 Å². The second kappa shape index (κ2) is 6.20. The zero-order valence-electron chi connectivity index (χ0n) is 12.4. The van der Waals surface area contributed by atoms with E-state index < -0.39 is 15.6 Å². The van der Waals surface area contributed by atoms with Crippen LogP contribution in [-0.2, 0) is 10.0 Å². The molecule has 0 aliphatic carbocycles. The molecule has 0 saturated heterocycles. The highest BCUT2D eigenvalue weighted by Crippen LogP contribution is 2.19. The average molecular weight is 314 g/mol. The molecule has 0 unspecified atom stereocenters. The van der Waals surface area contributed by atoms with Crippen LogP contribution in [0.25, 0.3) is 0 Å². The zero-order valence-corrected chi connectivity index (χ0v) is 14.0. The van der Waals surface area contributed by atoms with Crippen LogP contribution in [0.3, 0.4) is 0 Å². The normalized spacial score (nSPS) is 12.4. The van der Waals surface area contributed by atoms with E-state index in [1.807, 2.05) is 20.8 Å². The number of thiocarbonyl (C=S) groups is 1. The van der Waals surface area contributed by atoms with Crippen LogP contribution in [0.1, 0.15) is 44.7 Å². The lowest BCUT2D eigenvalue weighted by Crippen LogP contribution is -2.43. The number of nitrogens with two attached hydrogens (primary N) is 1. The van der Waals surface area contributed by atoms with E-state index in [1.54, 1.807) is 19.1 Å². The molecule has 4 nitrogen and oxygen atoms in total. The Morgan fingerprint density at radius 2 is 2.00 bits per heavy atom. The van der Waals surface area contributed by atoms with Gasteiger partial charge in [0.25, 0.3) is 0 Å². The van der Waals surface area contributed by atoms with Crippen molar-refractivity contribution in [2.45, 2.75) is 51.0 Å². The Hall–Kier alpha value is -0.980. The van der Waals surface area contributed by atoms with Crippen molar-refractivity contribution in [2.24, 2.45) is 5.73 Å². The molecule has 1 rings (SSSR count). The Kier molecular flexibility index (Phi) is 5.29. The first-order chi connectivity index (χ1) is 9.09. The van der Waals surface area contributed by atoms with Crippen LogP contribution in [0.4, 0.5) is 0 Å². The summed E-state index contributed by atoms with van der Waals surface area (Å²) in [4.78, 5) is 0.505. The fraction of sp³-hybridized carbons (Fsp3) is 0.500. The molecule has 0 amide bonds. The SMILES string of the molecule is CCCC(C)(C)NS(=O)(=O)c1ccc(C(N)=S)c(C)c1. The van der Waals surface area contributed by atoms with Crippen molar-refractivity contribution in [3.63, 3.8) is 0 Å². The molecule has 0 saturated carbocycles. The van der Waals surface area contributed by atoms with Gasteiger partial charge in [-0.15, -0.1) is 0 Å². The molecule has 0 bridgehead atoms. The number of benzene rings is 1. The maximum Gasteiger partial charge on any atom is 0.241 e. The Bertz CT molecular complexity index is 608. The fourth-order valence-corrected chi connectivity index (χ4v) is 3.93. The predicted molar refractivity (Wildman–Crippen MR) is 86.4 cm³/mol. The fourth-order valence-electron chi connectivity index (χ4n) is 2.18. The highest BCUT2D eigenvalue weighted by Gasteiger charge is 2.25. The van der Waals surface area contributed by atoms with Gasteiger partial charge >= 0.3 is 0 Å². The lowest BCUT2D eigenvalue weighted by Gasteiger charge is -2.25. The number of rotatable bonds is 6. The monoisotopic (exact) mass is 314 g/mol. The lowest BCUT2D eigenvalue weighted by molar-refractivity contribution is 0.417. The van der Waals surface area contributed by atoms with Gasteiger partial charge in [-0.2, -0.15) is 0 Å². The van der Waals surface area contributed by atoms with E-state index in [0.717, 1.165) is 18.4 Å². The van der Waals surface area contributed by atoms with Crippen molar-refractivity contribution in [3.8, 4) is 0 Å². The minimum atomic E-state index is -3.54. The van der Waals surface area contributed by atoms with Gasteiger partial charge in [0.2, 0.25) is 10.0 Å². The topological polar surface area (TPSA) is 72.2 Å². The van der Waals surface area contributed by atoms with Crippen molar-refractivity contribution < 1.29 is 8.42 Å². The van der Waals surface area contributed by atoms with Crippen molar-refractivity contribution in [3.05, 3.63) is 29.3 Å². The van der Waals surface area contributed by atoms with Crippen LogP contribution < -0.4 is 10.5 Å². The van der Waals surface area contributed by atoms with E-state index in [2.05, 4.69) is 4.72 Å². The first-order valence-corrected chi connectivity index (χ1v) is 8.42. The van der Waals surface area contributed by atoms with Gasteiger partial charge in [-0.3, -0.25) is 0 Å². The quantitative estimate of drug-likeness (QED) is 0.791. The summed E-state index contributed by atoms with van der Waals surface area (Å²) in [6.07, 6.45) is 1.69. The van der Waals surface area contributed by atoms with E-state index in [0.29, 0.717) is 5.56 Å². The van der Waals surface area contributed by atoms with Crippen molar-refractivity contribution in [2.75, 3.05) is 0 Å². The molecule has 112 valence electrons. The summed E-state index contributed by atoms with van der Waals surface area (Å²) in [5, 5.41) is 0. The summed E-state index contributed by atoms with van der Waals surface area (Å²) in [7, 11) is -3.54. The summed E-state index contributed by atoms with van der Waals surface area (Å²) in [5.74, 6) is 0. The largest absolute Gasteiger partial charge is 0.389 e. The molecule has 0 atom stereocenters. The zero-order chi connectivity index (χ0) is 15.6. The summed E-state index contributed by atoms with van der Waals surface area (Å²) < 4.78 is 27.5. The number of aryl methyl sites for hydroxylation is 1. The third-order valence-corrected chi connectivity index (χ3v) is 4.98. The molecule has 1 aromatic carbocycles. The van der Waals surface area contributed by atoms with Gasteiger partial charge < -0.3 is 5.73 Å². The minimum absolute atomic E-state index is 0.235. The summed E-state index contributed by atoms with van der Waals surface area (Å²) in [5.41, 5.74) is 6.57. The lowest BCUT2D eigenvalue weighted by atomic mass is 10.0. The predicted octanol–water partition coefficient (Wildman–Crippen LogP) is 2.49. The standard InChI is InChI=1S/C14H22N2O2S2/c1-5-8-14(3,4)16-20(17,18)11-6-7-12(13(15)19)10(2)9-11/h6-7,9,16H,5,8H2,1-4H3,(H2,15,19). The van der Waals surface area contributed by atoms with E-state index in [1.165, 1.54) is 6.07 Å². The maximum atomic E-state index is 12.4. The van der Waals surface area contributed by atoms with E-state index in [4.69, 9.17) is 18.0 Å². The molecule has 0 fully saturated rings. The molecule has 0 radical (unpaired) electrons. The van der Waals surface area contributed by atoms with Gasteiger partial charge in [0, 0.05) is 11.1 Å². The Balaban J connectivity index is 3.11. The first kappa shape index (κ1) is 17.1. The van der Waals surface area contributed by atoms with E-state index >= 15 is 0 Å². The van der Waals surface area contributed by atoms with Crippen molar-refractivity contribution >= 4 is 27.2 Å². The third kappa shape index (κ3) is 4.26. The van der Waals surface area contributed by atoms with Crippen LogP contribution in [0.2, 0.25) is 0 Å². The van der Waals surface area contributed by atoms with Crippen LogP contribution in [-0.4, -0.2) is 18.9 Å². The third-order valence-electron chi connectivity index (χ3n) is 3.06. The van der Waals surface area contributed by atoms with Crippen molar-refractivity contribution in [1.82, 2.24) is 4.72 Å². The molecule has 0 spiro atoms. The molecule has 0 aliphatic rings.